The van der Waals surface area contributed by atoms with E-state index in [0.717, 1.165) is 23.2 Å². The van der Waals surface area contributed by atoms with Crippen LogP contribution in [0, 0.1) is 0 Å². The van der Waals surface area contributed by atoms with E-state index in [0.29, 0.717) is 50.7 Å². The summed E-state index contributed by atoms with van der Waals surface area (Å²) in [6, 6.07) is 31.1. The summed E-state index contributed by atoms with van der Waals surface area (Å²) >= 11 is 0. The lowest BCUT2D eigenvalue weighted by Crippen LogP contribution is -2.15. The van der Waals surface area contributed by atoms with Gasteiger partial charge in [-0.1, -0.05) is 77.1 Å². The highest BCUT2D eigenvalue weighted by Gasteiger charge is 2.32. The van der Waals surface area contributed by atoms with Crippen molar-refractivity contribution in [2.24, 2.45) is 0 Å². The van der Waals surface area contributed by atoms with Crippen molar-refractivity contribution in [2.75, 3.05) is 12.4 Å². The maximum Gasteiger partial charge on any atom is 0.196 e. The molecule has 7 nitrogen and oxygen atoms in total. The number of carbonyl (C=O) groups is 1. The molecule has 49 heavy (non-hydrogen) atoms. The molecule has 0 amide bonds. The number of nitrogens with one attached hydrogen (secondary N) is 1. The number of ether oxygens (including phenoxy) is 2. The second-order valence-corrected chi connectivity index (χ2v) is 12.3. The third-order valence-corrected chi connectivity index (χ3v) is 9.13. The van der Waals surface area contributed by atoms with Crippen LogP contribution >= 0.6 is 0 Å². The molecule has 0 saturated heterocycles. The van der Waals surface area contributed by atoms with Gasteiger partial charge in [-0.3, -0.25) is 4.79 Å². The zero-order chi connectivity index (χ0) is 34.9. The summed E-state index contributed by atoms with van der Waals surface area (Å²) in [5.41, 5.74) is 5.96. The average Bonchev–Trinajstić information content (AvgIpc) is 3.12. The van der Waals surface area contributed by atoms with Crippen molar-refractivity contribution in [3.05, 3.63) is 120 Å². The van der Waals surface area contributed by atoms with Crippen molar-refractivity contribution in [3.8, 4) is 51.1 Å². The van der Waals surface area contributed by atoms with Crippen LogP contribution in [0.1, 0.15) is 62.5 Å². The first-order valence-corrected chi connectivity index (χ1v) is 16.5. The van der Waals surface area contributed by atoms with Crippen LogP contribution in [0.25, 0.3) is 33.3 Å². The molecule has 1 aromatic heterocycles. The summed E-state index contributed by atoms with van der Waals surface area (Å²) in [4.78, 5) is 19.3. The van der Waals surface area contributed by atoms with Gasteiger partial charge in [0.15, 0.2) is 11.5 Å². The fourth-order valence-corrected chi connectivity index (χ4v) is 6.11. The number of ketones is 1. The molecular formula is C42H40N2O5. The number of phenolic OH excluding ortho intramolecular Hbond substituents is 2. The number of hydrogen-bond donors (Lipinski definition) is 3. The molecule has 7 heteroatoms. The zero-order valence-corrected chi connectivity index (χ0v) is 28.6. The number of fused-ring (bicyclic) bond motifs is 2. The number of rotatable bonds is 8. The van der Waals surface area contributed by atoms with Crippen LogP contribution in [0.2, 0.25) is 0 Å². The lowest BCUT2D eigenvalue weighted by atomic mass is 9.82. The van der Waals surface area contributed by atoms with E-state index in [1.165, 1.54) is 17.7 Å². The quantitative estimate of drug-likeness (QED) is 0.150. The number of aromatic nitrogens is 1. The fourth-order valence-electron chi connectivity index (χ4n) is 6.11. The maximum atomic E-state index is 14.3. The average molecular weight is 653 g/mol. The Bertz CT molecular complexity index is 2150. The van der Waals surface area contributed by atoms with Crippen molar-refractivity contribution >= 4 is 28.1 Å². The Labute approximate surface area is 286 Å². The van der Waals surface area contributed by atoms with E-state index >= 15 is 0 Å². The van der Waals surface area contributed by atoms with E-state index in [2.05, 4.69) is 38.2 Å². The molecule has 0 aliphatic heterocycles. The Morgan fingerprint density at radius 1 is 0.755 bits per heavy atom. The van der Waals surface area contributed by atoms with E-state index < -0.39 is 0 Å². The largest absolute Gasteiger partial charge is 0.507 e. The zero-order valence-electron chi connectivity index (χ0n) is 28.6. The molecule has 0 fully saturated rings. The molecule has 1 heterocycles. The first-order chi connectivity index (χ1) is 23.7. The smallest absolute Gasteiger partial charge is 0.196 e. The number of pyridine rings is 1. The number of aromatic hydroxyl groups is 2. The Hall–Kier alpha value is -5.82. The molecule has 0 saturated carbocycles. The lowest BCUT2D eigenvalue weighted by molar-refractivity contribution is 0.104. The number of nitrogens with zero attached hydrogens (tertiary/aromatic N) is 1. The van der Waals surface area contributed by atoms with Crippen molar-refractivity contribution in [1.82, 2.24) is 4.98 Å². The Balaban J connectivity index is 0.00000205. The van der Waals surface area contributed by atoms with E-state index in [1.54, 1.807) is 19.2 Å². The number of benzene rings is 5. The summed E-state index contributed by atoms with van der Waals surface area (Å²) in [6.07, 6.45) is 0.990. The summed E-state index contributed by atoms with van der Waals surface area (Å²) in [6.45, 7) is 10.6. The van der Waals surface area contributed by atoms with Gasteiger partial charge in [0.05, 0.1) is 29.6 Å². The third-order valence-electron chi connectivity index (χ3n) is 9.13. The molecule has 0 unspecified atom stereocenters. The topological polar surface area (TPSA) is 101 Å². The molecule has 7 rings (SSSR count). The molecule has 0 radical (unpaired) electrons. The van der Waals surface area contributed by atoms with E-state index in [-0.39, 0.29) is 28.3 Å². The van der Waals surface area contributed by atoms with Gasteiger partial charge in [0, 0.05) is 22.7 Å². The molecule has 1 aliphatic rings. The van der Waals surface area contributed by atoms with Crippen molar-refractivity contribution in [1.29, 1.82) is 0 Å². The molecule has 3 N–H and O–H groups in total. The lowest BCUT2D eigenvalue weighted by Gasteiger charge is -2.25. The minimum atomic E-state index is -0.147. The third kappa shape index (κ3) is 6.04. The number of anilines is 2. The van der Waals surface area contributed by atoms with Gasteiger partial charge < -0.3 is 25.0 Å². The Kier molecular flexibility index (Phi) is 9.02. The van der Waals surface area contributed by atoms with Crippen molar-refractivity contribution in [2.45, 2.75) is 46.5 Å². The van der Waals surface area contributed by atoms with Crippen molar-refractivity contribution < 1.29 is 24.5 Å². The number of carbonyl (C=O) groups excluding carboxylic acids is 1. The minimum Gasteiger partial charge on any atom is -0.507 e. The van der Waals surface area contributed by atoms with Crippen LogP contribution in [-0.4, -0.2) is 28.1 Å². The highest BCUT2D eigenvalue weighted by Crippen LogP contribution is 2.49. The molecule has 0 spiro atoms. The normalized spacial score (nSPS) is 11.8. The SMILES string of the molecule is CC.CCC(C)(C)c1ccc(Oc2cc(Nc3ccc(OC)cc3)c3c4c(cc(-c5c(O)cccc5O)nc24)-c2ccccc2C3=O)cc1. The highest BCUT2D eigenvalue weighted by atomic mass is 16.5. The van der Waals surface area contributed by atoms with Gasteiger partial charge in [-0.05, 0) is 83.1 Å². The predicted molar refractivity (Wildman–Crippen MR) is 197 cm³/mol. The van der Waals surface area contributed by atoms with Crippen LogP contribution in [-0.2, 0) is 5.41 Å². The van der Waals surface area contributed by atoms with Crippen molar-refractivity contribution in [3.63, 3.8) is 0 Å². The van der Waals surface area contributed by atoms with Crippen LogP contribution in [0.3, 0.4) is 0 Å². The summed E-state index contributed by atoms with van der Waals surface area (Å²) < 4.78 is 11.9. The van der Waals surface area contributed by atoms with E-state index in [1.807, 2.05) is 80.6 Å². The Morgan fingerprint density at radius 3 is 2.02 bits per heavy atom. The van der Waals surface area contributed by atoms with Gasteiger partial charge in [-0.25, -0.2) is 4.98 Å². The number of methoxy groups -OCH3 is 1. The minimum absolute atomic E-state index is 0.0120. The standard InChI is InChI=1S/C40H34N2O5.C2H6/c1-5-40(2,3)23-13-17-26(18-14-23)47-34-22-31(41-24-15-19-25(46-4)20-16-24)37-35-29(27-9-6-7-10-28(27)39(37)45)21-30(42-38(34)35)36-32(43)11-8-12-33(36)44;1-2/h6-22,41,43-44H,5H2,1-4H3;1-2H3. The molecular weight excluding hydrogens is 612 g/mol. The van der Waals surface area contributed by atoms with Gasteiger partial charge >= 0.3 is 0 Å². The van der Waals surface area contributed by atoms with Crippen LogP contribution in [0.15, 0.2) is 103 Å². The molecule has 0 atom stereocenters. The molecule has 5 aromatic carbocycles. The van der Waals surface area contributed by atoms with Gasteiger partial charge in [0.2, 0.25) is 0 Å². The van der Waals surface area contributed by atoms with Crippen LogP contribution in [0.5, 0.6) is 28.7 Å². The van der Waals surface area contributed by atoms with E-state index in [9.17, 15) is 15.0 Å². The first-order valence-electron chi connectivity index (χ1n) is 16.5. The maximum absolute atomic E-state index is 14.3. The predicted octanol–water partition coefficient (Wildman–Crippen LogP) is 10.8. The van der Waals surface area contributed by atoms with Gasteiger partial charge in [0.25, 0.3) is 0 Å². The van der Waals surface area contributed by atoms with Gasteiger partial charge in [0.1, 0.15) is 28.5 Å². The second-order valence-electron chi connectivity index (χ2n) is 12.3. The Morgan fingerprint density at radius 2 is 1.39 bits per heavy atom. The molecule has 248 valence electrons. The highest BCUT2D eigenvalue weighted by molar-refractivity contribution is 6.29. The summed E-state index contributed by atoms with van der Waals surface area (Å²) in [5.74, 6) is 1.36. The van der Waals surface area contributed by atoms with Crippen LogP contribution < -0.4 is 14.8 Å². The monoisotopic (exact) mass is 652 g/mol. The first kappa shape index (κ1) is 33.1. The second kappa shape index (κ2) is 13.4. The fraction of sp³-hybridized carbons (Fsp3) is 0.190. The molecule has 1 aliphatic carbocycles. The molecule has 0 bridgehead atoms. The number of phenols is 2. The van der Waals surface area contributed by atoms with Gasteiger partial charge in [-0.2, -0.15) is 0 Å². The van der Waals surface area contributed by atoms with Crippen LogP contribution in [0.4, 0.5) is 11.4 Å². The van der Waals surface area contributed by atoms with E-state index in [4.69, 9.17) is 14.5 Å². The number of hydrogen-bond acceptors (Lipinski definition) is 7. The summed E-state index contributed by atoms with van der Waals surface area (Å²) in [7, 11) is 1.61. The van der Waals surface area contributed by atoms with Gasteiger partial charge in [-0.15, -0.1) is 0 Å². The summed E-state index contributed by atoms with van der Waals surface area (Å²) in [5, 5.41) is 25.8. The molecule has 6 aromatic rings.